The van der Waals surface area contributed by atoms with Crippen molar-refractivity contribution in [2.75, 3.05) is 5.32 Å². The van der Waals surface area contributed by atoms with E-state index in [9.17, 15) is 4.79 Å². The van der Waals surface area contributed by atoms with Crippen LogP contribution in [0.2, 0.25) is 0 Å². The van der Waals surface area contributed by atoms with Crippen LogP contribution in [0.15, 0.2) is 60.8 Å². The lowest BCUT2D eigenvalue weighted by Gasteiger charge is -2.09. The van der Waals surface area contributed by atoms with Crippen LogP contribution in [0.3, 0.4) is 0 Å². The highest BCUT2D eigenvalue weighted by atomic mass is 16.1. The Hall–Kier alpha value is -3.61. The van der Waals surface area contributed by atoms with Crippen LogP contribution < -0.4 is 5.32 Å². The number of carbonyl (C=O) groups is 1. The zero-order valence-electron chi connectivity index (χ0n) is 15.5. The van der Waals surface area contributed by atoms with E-state index < -0.39 is 0 Å². The van der Waals surface area contributed by atoms with E-state index in [1.54, 1.807) is 6.20 Å². The molecule has 140 valence electrons. The molecule has 2 heterocycles. The topological polar surface area (TPSA) is 85.6 Å². The molecule has 7 nitrogen and oxygen atoms in total. The standard InChI is InChI=1S/C21H20N6O/c1-15-11-12-18(17-9-5-13-22-20(15)17)23-19(28)10-6-14-27-25-21(24-26-27)16-7-3-2-4-8-16/h2-5,7-9,11-13H,6,10,14H2,1H3,(H,23,28). The largest absolute Gasteiger partial charge is 0.325 e. The molecule has 0 unspecified atom stereocenters. The number of nitrogens with one attached hydrogen (secondary N) is 1. The lowest BCUT2D eigenvalue weighted by Crippen LogP contribution is -2.13. The van der Waals surface area contributed by atoms with E-state index in [1.165, 1.54) is 4.80 Å². The molecule has 0 saturated carbocycles. The van der Waals surface area contributed by atoms with E-state index in [2.05, 4.69) is 25.7 Å². The summed E-state index contributed by atoms with van der Waals surface area (Å²) >= 11 is 0. The summed E-state index contributed by atoms with van der Waals surface area (Å²) in [5.41, 5.74) is 3.69. The molecule has 0 aliphatic rings. The summed E-state index contributed by atoms with van der Waals surface area (Å²) in [5, 5.41) is 16.4. The minimum Gasteiger partial charge on any atom is -0.325 e. The van der Waals surface area contributed by atoms with Gasteiger partial charge < -0.3 is 5.32 Å². The van der Waals surface area contributed by atoms with Gasteiger partial charge in [-0.2, -0.15) is 4.80 Å². The zero-order valence-corrected chi connectivity index (χ0v) is 15.5. The summed E-state index contributed by atoms with van der Waals surface area (Å²) in [7, 11) is 0. The second kappa shape index (κ2) is 7.96. The fourth-order valence-electron chi connectivity index (χ4n) is 3.06. The number of benzene rings is 2. The van der Waals surface area contributed by atoms with Gasteiger partial charge in [0.15, 0.2) is 0 Å². The van der Waals surface area contributed by atoms with Gasteiger partial charge in [0.05, 0.1) is 17.7 Å². The molecule has 2 aromatic carbocycles. The summed E-state index contributed by atoms with van der Waals surface area (Å²) in [6, 6.07) is 17.4. The maximum Gasteiger partial charge on any atom is 0.224 e. The molecule has 2 aromatic heterocycles. The smallest absolute Gasteiger partial charge is 0.224 e. The first-order valence-corrected chi connectivity index (χ1v) is 9.18. The molecular weight excluding hydrogens is 352 g/mol. The normalized spacial score (nSPS) is 10.9. The number of hydrogen-bond acceptors (Lipinski definition) is 5. The lowest BCUT2D eigenvalue weighted by atomic mass is 10.1. The van der Waals surface area contributed by atoms with Crippen LogP contribution in [0, 0.1) is 6.92 Å². The highest BCUT2D eigenvalue weighted by Crippen LogP contribution is 2.24. The molecule has 0 fully saturated rings. The van der Waals surface area contributed by atoms with Crippen molar-refractivity contribution in [2.45, 2.75) is 26.3 Å². The first-order chi connectivity index (χ1) is 13.7. The fourth-order valence-corrected chi connectivity index (χ4v) is 3.06. The number of nitrogens with zero attached hydrogens (tertiary/aromatic N) is 5. The second-order valence-corrected chi connectivity index (χ2v) is 6.56. The number of carbonyl (C=O) groups excluding carboxylic acids is 1. The van der Waals surface area contributed by atoms with E-state index in [0.29, 0.717) is 25.2 Å². The molecule has 0 saturated heterocycles. The zero-order chi connectivity index (χ0) is 19.3. The van der Waals surface area contributed by atoms with Gasteiger partial charge in [-0.05, 0) is 42.3 Å². The summed E-state index contributed by atoms with van der Waals surface area (Å²) in [6.07, 6.45) is 2.76. The lowest BCUT2D eigenvalue weighted by molar-refractivity contribution is -0.116. The Morgan fingerprint density at radius 1 is 1.07 bits per heavy atom. The minimum atomic E-state index is -0.0441. The van der Waals surface area contributed by atoms with Crippen molar-refractivity contribution in [3.63, 3.8) is 0 Å². The van der Waals surface area contributed by atoms with E-state index in [-0.39, 0.29) is 5.91 Å². The number of aromatic nitrogens is 5. The Labute approximate surface area is 162 Å². The number of amides is 1. The number of aryl methyl sites for hydroxylation is 2. The van der Waals surface area contributed by atoms with Crippen LogP contribution in [0.1, 0.15) is 18.4 Å². The van der Waals surface area contributed by atoms with Crippen molar-refractivity contribution in [3.05, 3.63) is 66.4 Å². The Kier molecular flexibility index (Phi) is 5.05. The van der Waals surface area contributed by atoms with Gasteiger partial charge in [-0.3, -0.25) is 9.78 Å². The quantitative estimate of drug-likeness (QED) is 0.559. The summed E-state index contributed by atoms with van der Waals surface area (Å²) in [6.45, 7) is 2.54. The summed E-state index contributed by atoms with van der Waals surface area (Å²) in [5.74, 6) is 0.543. The van der Waals surface area contributed by atoms with E-state index >= 15 is 0 Å². The maximum absolute atomic E-state index is 12.4. The van der Waals surface area contributed by atoms with Crippen molar-refractivity contribution < 1.29 is 4.79 Å². The van der Waals surface area contributed by atoms with Crippen molar-refractivity contribution in [1.82, 2.24) is 25.2 Å². The van der Waals surface area contributed by atoms with Gasteiger partial charge in [0.25, 0.3) is 0 Å². The molecule has 28 heavy (non-hydrogen) atoms. The maximum atomic E-state index is 12.4. The van der Waals surface area contributed by atoms with Crippen molar-refractivity contribution in [1.29, 1.82) is 0 Å². The number of tetrazole rings is 1. The molecule has 7 heteroatoms. The fraction of sp³-hybridized carbons (Fsp3) is 0.190. The average molecular weight is 372 g/mol. The Balaban J connectivity index is 1.35. The average Bonchev–Trinajstić information content (AvgIpc) is 3.20. The predicted octanol–water partition coefficient (Wildman–Crippen LogP) is 3.62. The number of hydrogen-bond donors (Lipinski definition) is 1. The Morgan fingerprint density at radius 2 is 1.93 bits per heavy atom. The van der Waals surface area contributed by atoms with Gasteiger partial charge in [-0.15, -0.1) is 10.2 Å². The molecule has 0 spiro atoms. The molecule has 0 aliphatic carbocycles. The highest BCUT2D eigenvalue weighted by Gasteiger charge is 2.09. The van der Waals surface area contributed by atoms with Gasteiger partial charge >= 0.3 is 0 Å². The number of pyridine rings is 1. The van der Waals surface area contributed by atoms with Crippen LogP contribution >= 0.6 is 0 Å². The van der Waals surface area contributed by atoms with Crippen LogP contribution in [0.4, 0.5) is 5.69 Å². The Bertz CT molecular complexity index is 1110. The third-order valence-corrected chi connectivity index (χ3v) is 4.49. The molecule has 4 rings (SSSR count). The molecule has 1 N–H and O–H groups in total. The van der Waals surface area contributed by atoms with Crippen molar-refractivity contribution in [2.24, 2.45) is 0 Å². The predicted molar refractivity (Wildman–Crippen MR) is 108 cm³/mol. The molecular formula is C21H20N6O. The van der Waals surface area contributed by atoms with E-state index in [1.807, 2.05) is 61.5 Å². The van der Waals surface area contributed by atoms with Crippen LogP contribution in [0.25, 0.3) is 22.3 Å². The third-order valence-electron chi connectivity index (χ3n) is 4.49. The minimum absolute atomic E-state index is 0.0441. The monoisotopic (exact) mass is 372 g/mol. The summed E-state index contributed by atoms with van der Waals surface area (Å²) in [4.78, 5) is 18.3. The van der Waals surface area contributed by atoms with Crippen molar-refractivity contribution >= 4 is 22.5 Å². The molecule has 4 aromatic rings. The van der Waals surface area contributed by atoms with Crippen LogP contribution in [-0.4, -0.2) is 31.1 Å². The van der Waals surface area contributed by atoms with Crippen molar-refractivity contribution in [3.8, 4) is 11.4 Å². The van der Waals surface area contributed by atoms with Crippen LogP contribution in [-0.2, 0) is 11.3 Å². The van der Waals surface area contributed by atoms with Crippen LogP contribution in [0.5, 0.6) is 0 Å². The number of fused-ring (bicyclic) bond motifs is 1. The molecule has 0 radical (unpaired) electrons. The van der Waals surface area contributed by atoms with Gasteiger partial charge in [0.1, 0.15) is 0 Å². The number of rotatable bonds is 6. The first-order valence-electron chi connectivity index (χ1n) is 9.18. The SMILES string of the molecule is Cc1ccc(NC(=O)CCCn2nnc(-c3ccccc3)n2)c2cccnc12. The molecule has 1 amide bonds. The summed E-state index contributed by atoms with van der Waals surface area (Å²) < 4.78 is 0. The number of anilines is 1. The molecule has 0 aliphatic heterocycles. The Morgan fingerprint density at radius 3 is 2.79 bits per heavy atom. The van der Waals surface area contributed by atoms with E-state index in [4.69, 9.17) is 0 Å². The first kappa shape index (κ1) is 17.8. The molecule has 0 bridgehead atoms. The van der Waals surface area contributed by atoms with Gasteiger partial charge in [0, 0.05) is 23.6 Å². The van der Waals surface area contributed by atoms with E-state index in [0.717, 1.165) is 27.7 Å². The molecule has 0 atom stereocenters. The highest BCUT2D eigenvalue weighted by molar-refractivity contribution is 6.01. The third kappa shape index (κ3) is 3.88. The second-order valence-electron chi connectivity index (χ2n) is 6.56. The van der Waals surface area contributed by atoms with Gasteiger partial charge in [-0.25, -0.2) is 0 Å². The van der Waals surface area contributed by atoms with Gasteiger partial charge in [0.2, 0.25) is 11.7 Å². The van der Waals surface area contributed by atoms with Gasteiger partial charge in [-0.1, -0.05) is 36.4 Å².